The smallest absolute Gasteiger partial charge is 0.317 e. The van der Waals surface area contributed by atoms with Crippen LogP contribution in [0.1, 0.15) is 12.8 Å². The summed E-state index contributed by atoms with van der Waals surface area (Å²) in [6.07, 6.45) is 1.84. The summed E-state index contributed by atoms with van der Waals surface area (Å²) in [5.74, 6) is 0.284. The van der Waals surface area contributed by atoms with Gasteiger partial charge in [-0.15, -0.1) is 23.2 Å². The maximum absolute atomic E-state index is 10.9. The van der Waals surface area contributed by atoms with Crippen LogP contribution in [0.25, 0.3) is 0 Å². The summed E-state index contributed by atoms with van der Waals surface area (Å²) >= 11 is 11.0. The highest BCUT2D eigenvalue weighted by Crippen LogP contribution is 2.36. The summed E-state index contributed by atoms with van der Waals surface area (Å²) in [5, 5.41) is 40.2. The largest absolute Gasteiger partial charge is 0.480 e. The zero-order valence-corrected chi connectivity index (χ0v) is 18.5. The summed E-state index contributed by atoms with van der Waals surface area (Å²) in [6.45, 7) is 1.44. The Morgan fingerprint density at radius 3 is 1.75 bits per heavy atom. The van der Waals surface area contributed by atoms with E-state index in [9.17, 15) is 43.6 Å². The predicted molar refractivity (Wildman–Crippen MR) is 111 cm³/mol. The Kier molecular flexibility index (Phi) is 12.5. The van der Waals surface area contributed by atoms with Gasteiger partial charge in [0.25, 0.3) is 5.69 Å². The van der Waals surface area contributed by atoms with Crippen LogP contribution in [0.5, 0.6) is 0 Å². The van der Waals surface area contributed by atoms with Crippen molar-refractivity contribution in [3.63, 3.8) is 0 Å². The van der Waals surface area contributed by atoms with Crippen LogP contribution in [0, 0.1) is 30.3 Å². The number of aliphatic carboxylic acids is 1. The lowest BCUT2D eigenvalue weighted by atomic mass is 10.2. The molecule has 0 atom stereocenters. The van der Waals surface area contributed by atoms with Gasteiger partial charge >= 0.3 is 27.5 Å². The van der Waals surface area contributed by atoms with Gasteiger partial charge in [0, 0.05) is 18.3 Å². The number of nitrogens with zero attached hydrogens (tertiary/aromatic N) is 4. The summed E-state index contributed by atoms with van der Waals surface area (Å²) in [6, 6.07) is 0.409. The summed E-state index contributed by atoms with van der Waals surface area (Å²) in [7, 11) is -5.30. The fourth-order valence-electron chi connectivity index (χ4n) is 2.24. The van der Waals surface area contributed by atoms with Crippen LogP contribution >= 0.6 is 23.2 Å². The van der Waals surface area contributed by atoms with E-state index >= 15 is 0 Å². The van der Waals surface area contributed by atoms with Crippen LogP contribution in [-0.4, -0.2) is 75.1 Å². The van der Waals surface area contributed by atoms with Crippen LogP contribution in [0.4, 0.5) is 17.1 Å². The number of alkyl halides is 2. The average Bonchev–Trinajstić information content (AvgIpc) is 2.66. The van der Waals surface area contributed by atoms with E-state index in [2.05, 4.69) is 0 Å². The molecule has 0 bridgehead atoms. The molecule has 0 aliphatic heterocycles. The molecule has 15 nitrogen and oxygen atoms in total. The topological polar surface area (TPSA) is 224 Å². The van der Waals surface area contributed by atoms with Gasteiger partial charge in [0.05, 0.1) is 33.4 Å². The molecule has 0 fully saturated rings. The van der Waals surface area contributed by atoms with Gasteiger partial charge in [0.15, 0.2) is 0 Å². The third kappa shape index (κ3) is 10.1. The number of benzene rings is 1. The van der Waals surface area contributed by atoms with E-state index in [0.717, 1.165) is 19.4 Å². The second kappa shape index (κ2) is 13.7. The molecule has 18 heteroatoms. The number of hydrogen-bond donors (Lipinski definition) is 2. The average molecular weight is 521 g/mol. The van der Waals surface area contributed by atoms with Gasteiger partial charge in [0.1, 0.15) is 0 Å². The molecule has 0 aliphatic rings. The van der Waals surface area contributed by atoms with Crippen molar-refractivity contribution in [2.45, 2.75) is 17.7 Å². The van der Waals surface area contributed by atoms with E-state index in [0.29, 0.717) is 18.3 Å². The molecule has 0 heterocycles. The fourth-order valence-corrected chi connectivity index (χ4v) is 3.46. The molecule has 180 valence electrons. The van der Waals surface area contributed by atoms with E-state index < -0.39 is 52.8 Å². The van der Waals surface area contributed by atoms with Crippen molar-refractivity contribution in [3.8, 4) is 0 Å². The van der Waals surface area contributed by atoms with E-state index in [4.69, 9.17) is 32.9 Å². The Bertz CT molecular complexity index is 923. The second-order valence-corrected chi connectivity index (χ2v) is 7.93. The monoisotopic (exact) mass is 520 g/mol. The predicted octanol–water partition coefficient (Wildman–Crippen LogP) is 2.29. The van der Waals surface area contributed by atoms with Crippen molar-refractivity contribution in [2.75, 3.05) is 31.4 Å². The van der Waals surface area contributed by atoms with Gasteiger partial charge in [-0.25, -0.2) is 0 Å². The minimum absolute atomic E-state index is 0.0645. The molecule has 2 N–H and O–H groups in total. The first-order valence-corrected chi connectivity index (χ1v) is 10.9. The van der Waals surface area contributed by atoms with Gasteiger partial charge < -0.3 is 5.11 Å². The maximum atomic E-state index is 10.9. The number of nitro benzene ring substituents is 3. The molecule has 0 aromatic heterocycles. The van der Waals surface area contributed by atoms with E-state index in [1.54, 1.807) is 0 Å². The normalized spacial score (nSPS) is 10.9. The zero-order valence-electron chi connectivity index (χ0n) is 16.1. The number of carboxylic acid groups (broad SMARTS) is 1. The standard InChI is InChI=1S/C8H15Cl2NO2.C6H3N3O9S/c9-3-1-2-5-11(6-4-10)7-8(12)13;10-7(11)3-1-4(8(12)13)6(19(16,17)18)5(2-3)9(14)15/h1-7H2,(H,12,13);1-2H,(H,16,17,18). The summed E-state index contributed by atoms with van der Waals surface area (Å²) < 4.78 is 30.7. The molecule has 0 saturated heterocycles. The van der Waals surface area contributed by atoms with Crippen LogP contribution in [-0.2, 0) is 14.9 Å². The molecular weight excluding hydrogens is 503 g/mol. The van der Waals surface area contributed by atoms with Crippen molar-refractivity contribution in [3.05, 3.63) is 42.5 Å². The maximum Gasteiger partial charge on any atom is 0.317 e. The van der Waals surface area contributed by atoms with Crippen LogP contribution in [0.15, 0.2) is 17.0 Å². The molecule has 1 aromatic rings. The fraction of sp³-hybridized carbons (Fsp3) is 0.500. The van der Waals surface area contributed by atoms with Crippen molar-refractivity contribution in [1.29, 1.82) is 0 Å². The molecule has 1 rings (SSSR count). The highest BCUT2D eigenvalue weighted by molar-refractivity contribution is 7.86. The summed E-state index contributed by atoms with van der Waals surface area (Å²) in [4.78, 5) is 38.3. The number of hydrogen-bond acceptors (Lipinski definition) is 10. The van der Waals surface area contributed by atoms with E-state index in [1.165, 1.54) is 0 Å². The van der Waals surface area contributed by atoms with Crippen LogP contribution in [0.2, 0.25) is 0 Å². The van der Waals surface area contributed by atoms with Gasteiger partial charge in [-0.2, -0.15) is 8.42 Å². The van der Waals surface area contributed by atoms with Crippen molar-refractivity contribution >= 4 is 56.4 Å². The molecule has 1 aromatic carbocycles. The number of unbranched alkanes of at least 4 members (excludes halogenated alkanes) is 1. The Hall–Kier alpha value is -2.66. The van der Waals surface area contributed by atoms with Gasteiger partial charge in [-0.05, 0) is 19.4 Å². The first-order valence-electron chi connectivity index (χ1n) is 8.41. The number of carbonyl (C=O) groups is 1. The Balaban J connectivity index is 0.000000649. The second-order valence-electron chi connectivity index (χ2n) is 5.81. The Morgan fingerprint density at radius 2 is 1.44 bits per heavy atom. The lowest BCUT2D eigenvalue weighted by Crippen LogP contribution is -2.32. The van der Waals surface area contributed by atoms with E-state index in [-0.39, 0.29) is 18.7 Å². The lowest BCUT2D eigenvalue weighted by Gasteiger charge is -2.18. The number of halogens is 2. The molecule has 0 aliphatic carbocycles. The molecule has 0 unspecified atom stereocenters. The first kappa shape index (κ1) is 29.3. The Labute approximate surface area is 190 Å². The van der Waals surface area contributed by atoms with E-state index in [1.807, 2.05) is 4.90 Å². The number of rotatable bonds is 12. The SMILES string of the molecule is O=C(O)CN(CCCl)CCCCCl.O=[N+]([O-])c1cc([N+](=O)[O-])c(S(=O)(=O)O)c([N+](=O)[O-])c1. The van der Waals surface area contributed by atoms with Gasteiger partial charge in [-0.3, -0.25) is 44.6 Å². The quantitative estimate of drug-likeness (QED) is 0.133. The minimum atomic E-state index is -5.30. The first-order chi connectivity index (χ1) is 14.8. The van der Waals surface area contributed by atoms with Crippen LogP contribution in [0.3, 0.4) is 0 Å². The minimum Gasteiger partial charge on any atom is -0.480 e. The van der Waals surface area contributed by atoms with Crippen LogP contribution < -0.4 is 0 Å². The molecule has 0 spiro atoms. The highest BCUT2D eigenvalue weighted by atomic mass is 35.5. The third-order valence-electron chi connectivity index (χ3n) is 3.51. The zero-order chi connectivity index (χ0) is 25.1. The Morgan fingerprint density at radius 1 is 0.938 bits per heavy atom. The third-order valence-corrected chi connectivity index (χ3v) is 4.88. The number of carboxylic acids is 1. The number of nitro groups is 3. The molecule has 0 amide bonds. The lowest BCUT2D eigenvalue weighted by molar-refractivity contribution is -0.407. The molecular formula is C14H18Cl2N4O11S. The van der Waals surface area contributed by atoms with Crippen molar-refractivity contribution < 1.29 is 37.6 Å². The molecule has 0 saturated carbocycles. The summed E-state index contributed by atoms with van der Waals surface area (Å²) in [5.41, 5.74) is -3.96. The van der Waals surface area contributed by atoms with Gasteiger partial charge in [0.2, 0.25) is 4.90 Å². The van der Waals surface area contributed by atoms with Gasteiger partial charge in [-0.1, -0.05) is 0 Å². The van der Waals surface area contributed by atoms with Crippen molar-refractivity contribution in [1.82, 2.24) is 4.90 Å². The molecule has 0 radical (unpaired) electrons. The highest BCUT2D eigenvalue weighted by Gasteiger charge is 2.37. The molecule has 32 heavy (non-hydrogen) atoms. The van der Waals surface area contributed by atoms with Crippen molar-refractivity contribution in [2.24, 2.45) is 0 Å². The number of non-ortho nitro benzene ring substituents is 1.